The highest BCUT2D eigenvalue weighted by molar-refractivity contribution is 5.34. The number of aromatic nitrogens is 2. The molecule has 0 radical (unpaired) electrons. The molecule has 0 aliphatic carbocycles. The predicted octanol–water partition coefficient (Wildman–Crippen LogP) is 2.76. The number of nitrogens with one attached hydrogen (secondary N) is 1. The zero-order valence-electron chi connectivity index (χ0n) is 12.9. The Morgan fingerprint density at radius 1 is 1.29 bits per heavy atom. The van der Waals surface area contributed by atoms with Gasteiger partial charge in [0.15, 0.2) is 0 Å². The van der Waals surface area contributed by atoms with Crippen molar-refractivity contribution < 1.29 is 5.11 Å². The summed E-state index contributed by atoms with van der Waals surface area (Å²) < 4.78 is 1.87. The SMILES string of the molecule is CC(C)(CO)CCCNCc1cccc(-n2cccn2)c1. The third-order valence-corrected chi connectivity index (χ3v) is 3.64. The third-order valence-electron chi connectivity index (χ3n) is 3.64. The molecule has 0 unspecified atom stereocenters. The highest BCUT2D eigenvalue weighted by atomic mass is 16.3. The summed E-state index contributed by atoms with van der Waals surface area (Å²) in [4.78, 5) is 0. The molecular weight excluding hydrogens is 262 g/mol. The lowest BCUT2D eigenvalue weighted by Crippen LogP contribution is -2.21. The molecule has 0 saturated carbocycles. The summed E-state index contributed by atoms with van der Waals surface area (Å²) in [5.74, 6) is 0. The van der Waals surface area contributed by atoms with Crippen LogP contribution in [0.25, 0.3) is 5.69 Å². The van der Waals surface area contributed by atoms with Gasteiger partial charge in [0.05, 0.1) is 5.69 Å². The van der Waals surface area contributed by atoms with Gasteiger partial charge in [-0.1, -0.05) is 26.0 Å². The summed E-state index contributed by atoms with van der Waals surface area (Å²) >= 11 is 0. The van der Waals surface area contributed by atoms with E-state index >= 15 is 0 Å². The van der Waals surface area contributed by atoms with Gasteiger partial charge in [0, 0.05) is 25.5 Å². The van der Waals surface area contributed by atoms with Crippen molar-refractivity contribution in [2.75, 3.05) is 13.2 Å². The fraction of sp³-hybridized carbons (Fsp3) is 0.471. The molecular formula is C17H25N3O. The summed E-state index contributed by atoms with van der Waals surface area (Å²) in [7, 11) is 0. The standard InChI is InChI=1S/C17H25N3O/c1-17(2,14-21)8-4-9-18-13-15-6-3-7-16(12-15)20-11-5-10-19-20/h3,5-7,10-12,18,21H,4,8-9,13-14H2,1-2H3. The van der Waals surface area contributed by atoms with Crippen LogP contribution in [0, 0.1) is 5.41 Å². The molecule has 1 heterocycles. The molecule has 0 amide bonds. The Labute approximate surface area is 126 Å². The van der Waals surface area contributed by atoms with Gasteiger partial charge < -0.3 is 10.4 Å². The van der Waals surface area contributed by atoms with Crippen LogP contribution in [0.2, 0.25) is 0 Å². The second-order valence-corrected chi connectivity index (χ2v) is 6.22. The molecule has 2 aromatic rings. The fourth-order valence-electron chi connectivity index (χ4n) is 2.23. The zero-order valence-corrected chi connectivity index (χ0v) is 12.9. The van der Waals surface area contributed by atoms with Crippen LogP contribution in [0.1, 0.15) is 32.3 Å². The topological polar surface area (TPSA) is 50.1 Å². The van der Waals surface area contributed by atoms with Gasteiger partial charge in [0.1, 0.15) is 0 Å². The Hall–Kier alpha value is -1.65. The van der Waals surface area contributed by atoms with E-state index in [9.17, 15) is 5.11 Å². The van der Waals surface area contributed by atoms with Crippen LogP contribution in [0.5, 0.6) is 0 Å². The fourth-order valence-corrected chi connectivity index (χ4v) is 2.23. The van der Waals surface area contributed by atoms with E-state index in [4.69, 9.17) is 0 Å². The summed E-state index contributed by atoms with van der Waals surface area (Å²) in [6, 6.07) is 10.3. The molecule has 4 heteroatoms. The van der Waals surface area contributed by atoms with E-state index in [0.29, 0.717) is 0 Å². The molecule has 0 fully saturated rings. The quantitative estimate of drug-likeness (QED) is 0.734. The normalized spacial score (nSPS) is 11.8. The van der Waals surface area contributed by atoms with Gasteiger partial charge in [-0.15, -0.1) is 0 Å². The maximum atomic E-state index is 9.22. The van der Waals surface area contributed by atoms with Gasteiger partial charge >= 0.3 is 0 Å². The highest BCUT2D eigenvalue weighted by Crippen LogP contribution is 2.20. The average Bonchev–Trinajstić information content (AvgIpc) is 3.01. The van der Waals surface area contributed by atoms with E-state index in [1.54, 1.807) is 6.20 Å². The lowest BCUT2D eigenvalue weighted by molar-refractivity contribution is 0.148. The average molecular weight is 287 g/mol. The highest BCUT2D eigenvalue weighted by Gasteiger charge is 2.15. The van der Waals surface area contributed by atoms with Crippen molar-refractivity contribution in [1.82, 2.24) is 15.1 Å². The molecule has 0 spiro atoms. The number of rotatable bonds is 8. The van der Waals surface area contributed by atoms with Crippen molar-refractivity contribution in [2.24, 2.45) is 5.41 Å². The Balaban J connectivity index is 1.78. The van der Waals surface area contributed by atoms with Crippen LogP contribution < -0.4 is 5.32 Å². The second kappa shape index (κ2) is 7.38. The monoisotopic (exact) mass is 287 g/mol. The molecule has 2 N–H and O–H groups in total. The van der Waals surface area contributed by atoms with Crippen molar-refractivity contribution in [2.45, 2.75) is 33.2 Å². The predicted molar refractivity (Wildman–Crippen MR) is 85.4 cm³/mol. The molecule has 21 heavy (non-hydrogen) atoms. The molecule has 1 aromatic heterocycles. The van der Waals surface area contributed by atoms with Crippen LogP contribution in [-0.4, -0.2) is 28.0 Å². The van der Waals surface area contributed by atoms with Crippen molar-refractivity contribution in [3.63, 3.8) is 0 Å². The number of hydrogen-bond acceptors (Lipinski definition) is 3. The summed E-state index contributed by atoms with van der Waals surface area (Å²) in [6.07, 6.45) is 5.84. The van der Waals surface area contributed by atoms with Crippen molar-refractivity contribution >= 4 is 0 Å². The van der Waals surface area contributed by atoms with Gasteiger partial charge in [-0.05, 0) is 48.6 Å². The number of aliphatic hydroxyl groups is 1. The molecule has 0 bridgehead atoms. The molecule has 0 aliphatic rings. The molecule has 0 saturated heterocycles. The van der Waals surface area contributed by atoms with Crippen molar-refractivity contribution in [1.29, 1.82) is 0 Å². The molecule has 0 aliphatic heterocycles. The van der Waals surface area contributed by atoms with Gasteiger partial charge in [-0.3, -0.25) is 0 Å². The van der Waals surface area contributed by atoms with Gasteiger partial charge in [-0.2, -0.15) is 5.10 Å². The Kier molecular flexibility index (Phi) is 5.53. The van der Waals surface area contributed by atoms with E-state index in [0.717, 1.165) is 31.6 Å². The van der Waals surface area contributed by atoms with E-state index in [1.807, 2.05) is 16.9 Å². The van der Waals surface area contributed by atoms with Gasteiger partial charge in [0.25, 0.3) is 0 Å². The first-order chi connectivity index (χ1) is 10.1. The van der Waals surface area contributed by atoms with Crippen LogP contribution in [0.3, 0.4) is 0 Å². The smallest absolute Gasteiger partial charge is 0.0648 e. The summed E-state index contributed by atoms with van der Waals surface area (Å²) in [6.45, 7) is 6.27. The zero-order chi connectivity index (χ0) is 15.1. The maximum Gasteiger partial charge on any atom is 0.0648 e. The largest absolute Gasteiger partial charge is 0.396 e. The minimum Gasteiger partial charge on any atom is -0.396 e. The van der Waals surface area contributed by atoms with Crippen LogP contribution >= 0.6 is 0 Å². The van der Waals surface area contributed by atoms with E-state index in [1.165, 1.54) is 5.56 Å². The third kappa shape index (κ3) is 4.99. The van der Waals surface area contributed by atoms with E-state index in [2.05, 4.69) is 48.5 Å². The van der Waals surface area contributed by atoms with Crippen LogP contribution in [0.15, 0.2) is 42.7 Å². The lowest BCUT2D eigenvalue weighted by atomic mass is 9.89. The Bertz CT molecular complexity index is 535. The maximum absolute atomic E-state index is 9.22. The first kappa shape index (κ1) is 15.7. The van der Waals surface area contributed by atoms with Crippen molar-refractivity contribution in [3.05, 3.63) is 48.3 Å². The number of benzene rings is 1. The van der Waals surface area contributed by atoms with E-state index < -0.39 is 0 Å². The van der Waals surface area contributed by atoms with Crippen LogP contribution in [-0.2, 0) is 6.54 Å². The Morgan fingerprint density at radius 3 is 2.86 bits per heavy atom. The first-order valence-corrected chi connectivity index (χ1v) is 7.51. The number of hydrogen-bond donors (Lipinski definition) is 2. The molecule has 1 aromatic carbocycles. The molecule has 0 atom stereocenters. The number of nitrogens with zero attached hydrogens (tertiary/aromatic N) is 2. The molecule has 114 valence electrons. The molecule has 4 nitrogen and oxygen atoms in total. The van der Waals surface area contributed by atoms with Crippen molar-refractivity contribution in [3.8, 4) is 5.69 Å². The minimum atomic E-state index is 0.0295. The number of aliphatic hydroxyl groups excluding tert-OH is 1. The molecule has 2 rings (SSSR count). The first-order valence-electron chi connectivity index (χ1n) is 7.51. The second-order valence-electron chi connectivity index (χ2n) is 6.22. The lowest BCUT2D eigenvalue weighted by Gasteiger charge is -2.21. The van der Waals surface area contributed by atoms with Crippen LogP contribution in [0.4, 0.5) is 0 Å². The summed E-state index contributed by atoms with van der Waals surface area (Å²) in [5, 5.41) is 16.9. The van der Waals surface area contributed by atoms with Gasteiger partial charge in [-0.25, -0.2) is 4.68 Å². The van der Waals surface area contributed by atoms with E-state index in [-0.39, 0.29) is 12.0 Å². The Morgan fingerprint density at radius 2 is 2.14 bits per heavy atom. The van der Waals surface area contributed by atoms with Gasteiger partial charge in [0.2, 0.25) is 0 Å². The minimum absolute atomic E-state index is 0.0295. The summed E-state index contributed by atoms with van der Waals surface area (Å²) in [5.41, 5.74) is 2.37.